The average Bonchev–Trinajstić information content (AvgIpc) is 2.51. The Kier molecular flexibility index (Phi) is 2.96. The summed E-state index contributed by atoms with van der Waals surface area (Å²) in [7, 11) is 0. The number of nitrogens with two attached hydrogens (primary N) is 1. The molecule has 78 valence electrons. The van der Waals surface area contributed by atoms with Gasteiger partial charge in [0.25, 0.3) is 5.91 Å². The van der Waals surface area contributed by atoms with Crippen molar-refractivity contribution in [2.24, 2.45) is 5.73 Å². The Balaban J connectivity index is 2.68. The van der Waals surface area contributed by atoms with Crippen molar-refractivity contribution in [2.75, 3.05) is 6.54 Å². The first-order valence-electron chi connectivity index (χ1n) is 4.53. The Morgan fingerprint density at radius 1 is 1.57 bits per heavy atom. The predicted molar refractivity (Wildman–Crippen MR) is 54.0 cm³/mol. The van der Waals surface area contributed by atoms with Crippen molar-refractivity contribution < 1.29 is 9.21 Å². The van der Waals surface area contributed by atoms with Crippen LogP contribution in [0.1, 0.15) is 30.2 Å². The molecule has 0 saturated carbocycles. The summed E-state index contributed by atoms with van der Waals surface area (Å²) >= 11 is 0. The van der Waals surface area contributed by atoms with Gasteiger partial charge in [-0.05, 0) is 32.9 Å². The Morgan fingerprint density at radius 3 is 2.64 bits per heavy atom. The summed E-state index contributed by atoms with van der Waals surface area (Å²) in [5.74, 6) is 0.818. The van der Waals surface area contributed by atoms with E-state index in [9.17, 15) is 4.79 Å². The standard InChI is InChI=1S/C10H16N2O2/c1-7-4-5-8(14-7)9(13)12-10(2,3)6-11/h4-5H,6,11H2,1-3H3,(H,12,13). The molecule has 0 fully saturated rings. The minimum Gasteiger partial charge on any atom is -0.456 e. The highest BCUT2D eigenvalue weighted by atomic mass is 16.3. The molecule has 1 heterocycles. The molecule has 0 radical (unpaired) electrons. The van der Waals surface area contributed by atoms with Gasteiger partial charge in [0, 0.05) is 12.1 Å². The molecule has 1 aromatic rings. The normalized spacial score (nSPS) is 11.4. The number of aryl methyl sites for hydroxylation is 1. The first-order chi connectivity index (χ1) is 6.44. The third kappa shape index (κ3) is 2.60. The first kappa shape index (κ1) is 10.8. The van der Waals surface area contributed by atoms with Crippen molar-refractivity contribution in [1.29, 1.82) is 0 Å². The van der Waals surface area contributed by atoms with Crippen LogP contribution in [0.3, 0.4) is 0 Å². The second-order valence-electron chi connectivity index (χ2n) is 3.95. The van der Waals surface area contributed by atoms with E-state index in [1.807, 2.05) is 13.8 Å². The Bertz CT molecular complexity index is 329. The van der Waals surface area contributed by atoms with Gasteiger partial charge in [-0.25, -0.2) is 0 Å². The van der Waals surface area contributed by atoms with Crippen LogP contribution in [-0.4, -0.2) is 18.0 Å². The van der Waals surface area contributed by atoms with Crippen molar-refractivity contribution in [3.8, 4) is 0 Å². The summed E-state index contributed by atoms with van der Waals surface area (Å²) in [4.78, 5) is 11.6. The van der Waals surface area contributed by atoms with E-state index in [0.717, 1.165) is 5.76 Å². The van der Waals surface area contributed by atoms with Gasteiger partial charge >= 0.3 is 0 Å². The van der Waals surface area contributed by atoms with Crippen LogP contribution in [0.2, 0.25) is 0 Å². The number of amides is 1. The Morgan fingerprint density at radius 2 is 2.21 bits per heavy atom. The molecule has 0 spiro atoms. The average molecular weight is 196 g/mol. The number of furan rings is 1. The zero-order valence-corrected chi connectivity index (χ0v) is 8.76. The molecule has 0 atom stereocenters. The zero-order valence-electron chi connectivity index (χ0n) is 8.76. The van der Waals surface area contributed by atoms with Crippen LogP contribution in [0, 0.1) is 6.92 Å². The lowest BCUT2D eigenvalue weighted by Crippen LogP contribution is -2.48. The number of carbonyl (C=O) groups excluding carboxylic acids is 1. The summed E-state index contributed by atoms with van der Waals surface area (Å²) < 4.78 is 5.18. The van der Waals surface area contributed by atoms with Crippen molar-refractivity contribution in [2.45, 2.75) is 26.3 Å². The fraction of sp³-hybridized carbons (Fsp3) is 0.500. The lowest BCUT2D eigenvalue weighted by molar-refractivity contribution is 0.0886. The highest BCUT2D eigenvalue weighted by Gasteiger charge is 2.20. The van der Waals surface area contributed by atoms with E-state index in [4.69, 9.17) is 10.2 Å². The summed E-state index contributed by atoms with van der Waals surface area (Å²) in [6.07, 6.45) is 0. The number of rotatable bonds is 3. The van der Waals surface area contributed by atoms with E-state index >= 15 is 0 Å². The molecule has 1 aromatic heterocycles. The van der Waals surface area contributed by atoms with Crippen molar-refractivity contribution in [3.05, 3.63) is 23.7 Å². The third-order valence-corrected chi connectivity index (χ3v) is 1.93. The van der Waals surface area contributed by atoms with Crippen LogP contribution in [0.5, 0.6) is 0 Å². The molecule has 0 aliphatic carbocycles. The molecular formula is C10H16N2O2. The number of nitrogens with one attached hydrogen (secondary N) is 1. The zero-order chi connectivity index (χ0) is 10.8. The van der Waals surface area contributed by atoms with Crippen LogP contribution >= 0.6 is 0 Å². The Hall–Kier alpha value is -1.29. The molecule has 0 aliphatic rings. The molecule has 1 rings (SSSR count). The highest BCUT2D eigenvalue weighted by Crippen LogP contribution is 2.08. The van der Waals surface area contributed by atoms with Crippen molar-refractivity contribution >= 4 is 5.91 Å². The van der Waals surface area contributed by atoms with Gasteiger partial charge in [0.05, 0.1) is 0 Å². The smallest absolute Gasteiger partial charge is 0.287 e. The predicted octanol–water partition coefficient (Wildman–Crippen LogP) is 1.06. The van der Waals surface area contributed by atoms with Crippen molar-refractivity contribution in [3.63, 3.8) is 0 Å². The van der Waals surface area contributed by atoms with Gasteiger partial charge in [-0.1, -0.05) is 0 Å². The maximum atomic E-state index is 11.6. The van der Waals surface area contributed by atoms with Crippen molar-refractivity contribution in [1.82, 2.24) is 5.32 Å². The van der Waals surface area contributed by atoms with E-state index in [1.165, 1.54) is 0 Å². The first-order valence-corrected chi connectivity index (χ1v) is 4.53. The second-order valence-corrected chi connectivity index (χ2v) is 3.95. The maximum Gasteiger partial charge on any atom is 0.287 e. The fourth-order valence-corrected chi connectivity index (χ4v) is 0.977. The number of hydrogen-bond donors (Lipinski definition) is 2. The lowest BCUT2D eigenvalue weighted by atomic mass is 10.1. The lowest BCUT2D eigenvalue weighted by Gasteiger charge is -2.23. The van der Waals surface area contributed by atoms with Crippen LogP contribution in [-0.2, 0) is 0 Å². The third-order valence-electron chi connectivity index (χ3n) is 1.93. The van der Waals surface area contributed by atoms with E-state index in [0.29, 0.717) is 12.3 Å². The minimum atomic E-state index is -0.405. The van der Waals surface area contributed by atoms with Gasteiger partial charge in [-0.3, -0.25) is 4.79 Å². The van der Waals surface area contributed by atoms with E-state index < -0.39 is 5.54 Å². The van der Waals surface area contributed by atoms with Crippen LogP contribution < -0.4 is 11.1 Å². The van der Waals surface area contributed by atoms with Crippen LogP contribution in [0.15, 0.2) is 16.5 Å². The van der Waals surface area contributed by atoms with Crippen LogP contribution in [0.4, 0.5) is 0 Å². The topological polar surface area (TPSA) is 68.3 Å². The largest absolute Gasteiger partial charge is 0.456 e. The quantitative estimate of drug-likeness (QED) is 0.759. The molecule has 0 saturated heterocycles. The van der Waals surface area contributed by atoms with Crippen LogP contribution in [0.25, 0.3) is 0 Å². The monoisotopic (exact) mass is 196 g/mol. The molecule has 3 N–H and O–H groups in total. The van der Waals surface area contributed by atoms with Gasteiger partial charge in [0.15, 0.2) is 5.76 Å². The van der Waals surface area contributed by atoms with E-state index in [1.54, 1.807) is 19.1 Å². The number of carbonyl (C=O) groups is 1. The van der Waals surface area contributed by atoms with E-state index in [2.05, 4.69) is 5.32 Å². The molecule has 0 aromatic carbocycles. The molecule has 4 nitrogen and oxygen atoms in total. The maximum absolute atomic E-state index is 11.6. The molecule has 0 aliphatic heterocycles. The Labute approximate surface area is 83.5 Å². The summed E-state index contributed by atoms with van der Waals surface area (Å²) in [6.45, 7) is 5.91. The highest BCUT2D eigenvalue weighted by molar-refractivity contribution is 5.91. The second kappa shape index (κ2) is 3.84. The minimum absolute atomic E-state index is 0.228. The summed E-state index contributed by atoms with van der Waals surface area (Å²) in [5, 5.41) is 2.78. The molecule has 0 bridgehead atoms. The van der Waals surface area contributed by atoms with Gasteiger partial charge in [-0.2, -0.15) is 0 Å². The molecule has 14 heavy (non-hydrogen) atoms. The fourth-order valence-electron chi connectivity index (χ4n) is 0.977. The molecular weight excluding hydrogens is 180 g/mol. The molecule has 4 heteroatoms. The van der Waals surface area contributed by atoms with Gasteiger partial charge in [0.1, 0.15) is 5.76 Å². The van der Waals surface area contributed by atoms with Gasteiger partial charge in [-0.15, -0.1) is 0 Å². The van der Waals surface area contributed by atoms with Gasteiger partial charge in [0.2, 0.25) is 0 Å². The number of hydrogen-bond acceptors (Lipinski definition) is 3. The summed E-state index contributed by atoms with van der Waals surface area (Å²) in [5.41, 5.74) is 5.09. The van der Waals surface area contributed by atoms with Gasteiger partial charge < -0.3 is 15.5 Å². The van der Waals surface area contributed by atoms with E-state index in [-0.39, 0.29) is 5.91 Å². The molecule has 0 unspecified atom stereocenters. The molecule has 1 amide bonds. The summed E-state index contributed by atoms with van der Waals surface area (Å²) in [6, 6.07) is 3.40. The SMILES string of the molecule is Cc1ccc(C(=O)NC(C)(C)CN)o1.